The van der Waals surface area contributed by atoms with Gasteiger partial charge >= 0.3 is 6.61 Å². The molecule has 2 saturated carbocycles. The Bertz CT molecular complexity index is 1060. The van der Waals surface area contributed by atoms with Crippen molar-refractivity contribution in [3.05, 3.63) is 36.7 Å². The third-order valence-corrected chi connectivity index (χ3v) is 6.30. The van der Waals surface area contributed by atoms with E-state index in [1.54, 1.807) is 28.9 Å². The van der Waals surface area contributed by atoms with Crippen molar-refractivity contribution < 1.29 is 23.0 Å². The molecule has 1 unspecified atom stereocenters. The van der Waals surface area contributed by atoms with Crippen molar-refractivity contribution >= 4 is 5.65 Å². The first-order valence-corrected chi connectivity index (χ1v) is 9.70. The van der Waals surface area contributed by atoms with Crippen molar-refractivity contribution in [3.8, 4) is 23.0 Å². The zero-order valence-electron chi connectivity index (χ0n) is 15.3. The molecule has 5 atom stereocenters. The molecule has 2 aliphatic carbocycles. The molecular weight excluding hydrogens is 382 g/mol. The number of benzene rings is 1. The van der Waals surface area contributed by atoms with E-state index in [1.165, 1.54) is 18.6 Å². The van der Waals surface area contributed by atoms with Crippen LogP contribution in [0.4, 0.5) is 8.78 Å². The standard InChI is InChI=1S/C20H18F2N4O3/c21-20(22)28-13-3-1-10(2-4-13)19-25-24-15-7-23-8-16(26(15)19)27-9-12-5-11-6-14(12)18-17(11)29-18/h1-4,7-8,11-12,14,17-18,20H,5-6,9H2/t11-,12?,14-,17-,18+/m1/s1. The van der Waals surface area contributed by atoms with Gasteiger partial charge in [-0.05, 0) is 54.9 Å². The predicted molar refractivity (Wildman–Crippen MR) is 96.7 cm³/mol. The molecule has 3 aromatic rings. The SMILES string of the molecule is FC(F)Oc1ccc(-c2nnc3cncc(OCC4C[C@@H]5C[C@H]4[C@@H]4O[C@H]54)n23)cc1. The molecule has 29 heavy (non-hydrogen) atoms. The molecule has 9 heteroatoms. The van der Waals surface area contributed by atoms with E-state index in [0.717, 1.165) is 6.42 Å². The Morgan fingerprint density at radius 1 is 1.10 bits per heavy atom. The Labute approximate surface area is 164 Å². The maximum Gasteiger partial charge on any atom is 0.387 e. The van der Waals surface area contributed by atoms with Crippen LogP contribution in [0, 0.1) is 17.8 Å². The van der Waals surface area contributed by atoms with Gasteiger partial charge in [0.2, 0.25) is 5.88 Å². The summed E-state index contributed by atoms with van der Waals surface area (Å²) in [6, 6.07) is 6.29. The first kappa shape index (κ1) is 17.1. The highest BCUT2D eigenvalue weighted by molar-refractivity contribution is 5.61. The van der Waals surface area contributed by atoms with Crippen LogP contribution in [0.1, 0.15) is 12.8 Å². The van der Waals surface area contributed by atoms with Crippen LogP contribution in [0.2, 0.25) is 0 Å². The second-order valence-corrected chi connectivity index (χ2v) is 7.90. The van der Waals surface area contributed by atoms with Crippen molar-refractivity contribution in [1.82, 2.24) is 19.6 Å². The largest absolute Gasteiger partial charge is 0.477 e. The number of nitrogens with zero attached hydrogens (tertiary/aromatic N) is 4. The Morgan fingerprint density at radius 2 is 1.97 bits per heavy atom. The van der Waals surface area contributed by atoms with Crippen LogP contribution < -0.4 is 9.47 Å². The second-order valence-electron chi connectivity index (χ2n) is 7.90. The fraction of sp³-hybridized carbons (Fsp3) is 0.450. The molecule has 0 radical (unpaired) electrons. The summed E-state index contributed by atoms with van der Waals surface area (Å²) in [6.07, 6.45) is 6.60. The summed E-state index contributed by atoms with van der Waals surface area (Å²) in [4.78, 5) is 4.21. The van der Waals surface area contributed by atoms with Gasteiger partial charge in [-0.15, -0.1) is 10.2 Å². The first-order chi connectivity index (χ1) is 14.2. The lowest BCUT2D eigenvalue weighted by Gasteiger charge is -2.20. The minimum atomic E-state index is -2.86. The number of rotatable bonds is 6. The monoisotopic (exact) mass is 400 g/mol. The van der Waals surface area contributed by atoms with Gasteiger partial charge in [-0.25, -0.2) is 4.40 Å². The third kappa shape index (κ3) is 2.83. The van der Waals surface area contributed by atoms with Crippen LogP contribution in [0.25, 0.3) is 17.0 Å². The van der Waals surface area contributed by atoms with Gasteiger partial charge in [-0.3, -0.25) is 4.98 Å². The highest BCUT2D eigenvalue weighted by Crippen LogP contribution is 2.58. The van der Waals surface area contributed by atoms with E-state index >= 15 is 0 Å². The Morgan fingerprint density at radius 3 is 2.72 bits per heavy atom. The molecule has 3 fully saturated rings. The summed E-state index contributed by atoms with van der Waals surface area (Å²) < 4.78 is 42.8. The topological polar surface area (TPSA) is 74.1 Å². The minimum absolute atomic E-state index is 0.0904. The zero-order valence-corrected chi connectivity index (χ0v) is 15.3. The average Bonchev–Trinajstić information content (AvgIpc) is 3.08. The summed E-state index contributed by atoms with van der Waals surface area (Å²) in [5, 5.41) is 8.40. The number of alkyl halides is 2. The molecule has 1 aromatic carbocycles. The molecule has 0 amide bonds. The minimum Gasteiger partial charge on any atom is -0.477 e. The van der Waals surface area contributed by atoms with E-state index in [4.69, 9.17) is 9.47 Å². The van der Waals surface area contributed by atoms with Gasteiger partial charge in [-0.2, -0.15) is 8.78 Å². The molecule has 150 valence electrons. The molecule has 7 nitrogen and oxygen atoms in total. The summed E-state index contributed by atoms with van der Waals surface area (Å²) in [5.41, 5.74) is 1.27. The van der Waals surface area contributed by atoms with Gasteiger partial charge < -0.3 is 14.2 Å². The lowest BCUT2D eigenvalue weighted by Crippen LogP contribution is -2.24. The van der Waals surface area contributed by atoms with E-state index in [0.29, 0.717) is 59.5 Å². The average molecular weight is 400 g/mol. The molecule has 3 heterocycles. The van der Waals surface area contributed by atoms with Gasteiger partial charge in [0, 0.05) is 5.56 Å². The maximum absolute atomic E-state index is 12.4. The Balaban J connectivity index is 1.26. The van der Waals surface area contributed by atoms with Gasteiger partial charge in [-0.1, -0.05) is 0 Å². The molecule has 2 bridgehead atoms. The highest BCUT2D eigenvalue weighted by Gasteiger charge is 2.63. The highest BCUT2D eigenvalue weighted by atomic mass is 19.3. The van der Waals surface area contributed by atoms with Gasteiger partial charge in [0.15, 0.2) is 11.5 Å². The van der Waals surface area contributed by atoms with Crippen LogP contribution in [0.3, 0.4) is 0 Å². The van der Waals surface area contributed by atoms with Crippen molar-refractivity contribution in [3.63, 3.8) is 0 Å². The van der Waals surface area contributed by atoms with Crippen LogP contribution in [0.15, 0.2) is 36.7 Å². The van der Waals surface area contributed by atoms with Crippen LogP contribution in [-0.2, 0) is 4.74 Å². The molecule has 0 spiro atoms. The summed E-state index contributed by atoms with van der Waals surface area (Å²) in [6.45, 7) is -2.25. The number of ether oxygens (including phenoxy) is 3. The summed E-state index contributed by atoms with van der Waals surface area (Å²) in [5.74, 6) is 2.98. The molecule has 2 aromatic heterocycles. The van der Waals surface area contributed by atoms with E-state index in [1.807, 2.05) is 0 Å². The Kier molecular flexibility index (Phi) is 3.74. The summed E-state index contributed by atoms with van der Waals surface area (Å²) in [7, 11) is 0. The molecular formula is C20H18F2N4O3. The summed E-state index contributed by atoms with van der Waals surface area (Å²) >= 11 is 0. The smallest absolute Gasteiger partial charge is 0.387 e. The fourth-order valence-electron chi connectivity index (χ4n) is 5.01. The lowest BCUT2D eigenvalue weighted by molar-refractivity contribution is -0.0498. The van der Waals surface area contributed by atoms with Gasteiger partial charge in [0.1, 0.15) is 5.75 Å². The molecule has 1 aliphatic heterocycles. The lowest BCUT2D eigenvalue weighted by atomic mass is 9.89. The van der Waals surface area contributed by atoms with Gasteiger partial charge in [0.25, 0.3) is 0 Å². The number of epoxide rings is 1. The van der Waals surface area contributed by atoms with E-state index in [2.05, 4.69) is 19.9 Å². The number of aromatic nitrogens is 4. The molecule has 3 aliphatic rings. The zero-order chi connectivity index (χ0) is 19.5. The van der Waals surface area contributed by atoms with E-state index < -0.39 is 6.61 Å². The van der Waals surface area contributed by atoms with Crippen LogP contribution in [0.5, 0.6) is 11.6 Å². The predicted octanol–water partition coefficient (Wildman–Crippen LogP) is 3.19. The van der Waals surface area contributed by atoms with Crippen molar-refractivity contribution in [2.45, 2.75) is 31.7 Å². The maximum atomic E-state index is 12.4. The number of fused-ring (bicyclic) bond motifs is 6. The van der Waals surface area contributed by atoms with Crippen molar-refractivity contribution in [2.24, 2.45) is 17.8 Å². The van der Waals surface area contributed by atoms with Crippen LogP contribution >= 0.6 is 0 Å². The van der Waals surface area contributed by atoms with E-state index in [9.17, 15) is 8.78 Å². The molecule has 6 rings (SSSR count). The Hall–Kier alpha value is -2.81. The fourth-order valence-corrected chi connectivity index (χ4v) is 5.01. The number of hydrogen-bond acceptors (Lipinski definition) is 6. The van der Waals surface area contributed by atoms with E-state index in [-0.39, 0.29) is 5.75 Å². The molecule has 0 N–H and O–H groups in total. The normalized spacial score (nSPS) is 29.4. The number of halogens is 2. The van der Waals surface area contributed by atoms with Crippen molar-refractivity contribution in [2.75, 3.05) is 6.61 Å². The van der Waals surface area contributed by atoms with Crippen molar-refractivity contribution in [1.29, 1.82) is 0 Å². The number of hydrogen-bond donors (Lipinski definition) is 0. The third-order valence-electron chi connectivity index (χ3n) is 6.30. The van der Waals surface area contributed by atoms with Gasteiger partial charge in [0.05, 0.1) is 31.2 Å². The van der Waals surface area contributed by atoms with Crippen LogP contribution in [-0.4, -0.2) is 45.0 Å². The second kappa shape index (κ2) is 6.35. The first-order valence-electron chi connectivity index (χ1n) is 9.70. The molecule has 1 saturated heterocycles. The quantitative estimate of drug-likeness (QED) is 0.592.